The highest BCUT2D eigenvalue weighted by molar-refractivity contribution is 5.42. The minimum Gasteiger partial charge on any atom is -0.486 e. The fourth-order valence-corrected chi connectivity index (χ4v) is 2.91. The molecule has 0 spiro atoms. The molecule has 2 N–H and O–H groups in total. The van der Waals surface area contributed by atoms with E-state index >= 15 is 0 Å². The zero-order valence-corrected chi connectivity index (χ0v) is 13.1. The smallest absolute Gasteiger partial charge is 0.125 e. The van der Waals surface area contributed by atoms with Crippen molar-refractivity contribution in [2.24, 2.45) is 5.41 Å². The van der Waals surface area contributed by atoms with Crippen molar-refractivity contribution >= 4 is 0 Å². The second kappa shape index (κ2) is 5.74. The van der Waals surface area contributed by atoms with Crippen LogP contribution in [0.4, 0.5) is 0 Å². The number of rotatable bonds is 6. The molecular weight excluding hydrogens is 250 g/mol. The lowest BCUT2D eigenvalue weighted by molar-refractivity contribution is 0.0900. The summed E-state index contributed by atoms with van der Waals surface area (Å²) in [4.78, 5) is 0. The van der Waals surface area contributed by atoms with E-state index in [2.05, 4.69) is 45.1 Å². The predicted molar refractivity (Wildman–Crippen MR) is 82.0 cm³/mol. The molecule has 1 aliphatic rings. The summed E-state index contributed by atoms with van der Waals surface area (Å²) in [6.45, 7) is 9.93. The molecule has 1 aromatic carbocycles. The van der Waals surface area contributed by atoms with Crippen LogP contribution in [0.3, 0.4) is 0 Å². The lowest BCUT2D eigenvalue weighted by Crippen LogP contribution is -2.42. The second-order valence-corrected chi connectivity index (χ2v) is 7.05. The van der Waals surface area contributed by atoms with Crippen LogP contribution in [0, 0.1) is 5.41 Å². The first-order chi connectivity index (χ1) is 9.36. The van der Waals surface area contributed by atoms with Gasteiger partial charge in [0.25, 0.3) is 0 Å². The Morgan fingerprint density at radius 3 is 2.70 bits per heavy atom. The minimum absolute atomic E-state index is 0.177. The van der Waals surface area contributed by atoms with Crippen molar-refractivity contribution in [3.05, 3.63) is 29.8 Å². The van der Waals surface area contributed by atoms with Crippen LogP contribution in [0.1, 0.15) is 52.1 Å². The maximum Gasteiger partial charge on any atom is 0.125 e. The minimum atomic E-state index is -0.225. The van der Waals surface area contributed by atoms with Gasteiger partial charge in [0.05, 0.1) is 6.04 Å². The lowest BCUT2D eigenvalue weighted by Gasteiger charge is -2.32. The number of nitrogens with one attached hydrogen (secondary N) is 1. The molecule has 0 aliphatic carbocycles. The van der Waals surface area contributed by atoms with Crippen LogP contribution in [0.5, 0.6) is 5.75 Å². The number of aliphatic hydroxyl groups excluding tert-OH is 1. The fraction of sp³-hybridized carbons (Fsp3) is 0.647. The molecule has 0 saturated carbocycles. The van der Waals surface area contributed by atoms with Gasteiger partial charge in [0, 0.05) is 18.7 Å². The van der Waals surface area contributed by atoms with Gasteiger partial charge in [-0.05, 0) is 38.2 Å². The Morgan fingerprint density at radius 1 is 1.30 bits per heavy atom. The maximum absolute atomic E-state index is 8.98. The van der Waals surface area contributed by atoms with Crippen molar-refractivity contribution in [2.45, 2.75) is 52.2 Å². The van der Waals surface area contributed by atoms with Crippen LogP contribution in [0.15, 0.2) is 24.3 Å². The van der Waals surface area contributed by atoms with E-state index in [-0.39, 0.29) is 23.7 Å². The van der Waals surface area contributed by atoms with Gasteiger partial charge in [-0.25, -0.2) is 0 Å². The standard InChI is InChI=1S/C17H27NO2/c1-16(2,10-7-11-19)12-18-15-13-8-5-6-9-14(13)20-17(15,3)4/h5-6,8-9,15,18-19H,7,10-12H2,1-4H3. The van der Waals surface area contributed by atoms with Crippen LogP contribution in [0.2, 0.25) is 0 Å². The van der Waals surface area contributed by atoms with E-state index in [1.165, 1.54) is 5.56 Å². The van der Waals surface area contributed by atoms with E-state index in [0.717, 1.165) is 25.1 Å². The summed E-state index contributed by atoms with van der Waals surface area (Å²) in [5.74, 6) is 0.989. The summed E-state index contributed by atoms with van der Waals surface area (Å²) < 4.78 is 6.05. The van der Waals surface area contributed by atoms with Crippen LogP contribution < -0.4 is 10.1 Å². The number of benzene rings is 1. The molecule has 3 heteroatoms. The first kappa shape index (κ1) is 15.3. The molecule has 3 nitrogen and oxygen atoms in total. The average Bonchev–Trinajstić information content (AvgIpc) is 2.64. The van der Waals surface area contributed by atoms with Crippen molar-refractivity contribution in [1.82, 2.24) is 5.32 Å². The first-order valence-electron chi connectivity index (χ1n) is 7.48. The summed E-state index contributed by atoms with van der Waals surface area (Å²) in [6.07, 6.45) is 1.88. The molecule has 1 atom stereocenters. The number of fused-ring (bicyclic) bond motifs is 1. The van der Waals surface area contributed by atoms with Crippen LogP contribution in [-0.4, -0.2) is 23.9 Å². The van der Waals surface area contributed by atoms with Crippen molar-refractivity contribution in [3.8, 4) is 5.75 Å². The molecule has 0 fully saturated rings. The van der Waals surface area contributed by atoms with Gasteiger partial charge in [-0.2, -0.15) is 0 Å². The Kier molecular flexibility index (Phi) is 4.40. The summed E-state index contributed by atoms with van der Waals surface area (Å²) >= 11 is 0. The fourth-order valence-electron chi connectivity index (χ4n) is 2.91. The Labute approximate surface area is 122 Å². The van der Waals surface area contributed by atoms with Crippen LogP contribution in [-0.2, 0) is 0 Å². The second-order valence-electron chi connectivity index (χ2n) is 7.05. The Hall–Kier alpha value is -1.06. The van der Waals surface area contributed by atoms with Gasteiger partial charge in [0.2, 0.25) is 0 Å². The van der Waals surface area contributed by atoms with Crippen LogP contribution in [0.25, 0.3) is 0 Å². The monoisotopic (exact) mass is 277 g/mol. The zero-order valence-electron chi connectivity index (χ0n) is 13.1. The first-order valence-corrected chi connectivity index (χ1v) is 7.48. The molecule has 0 bridgehead atoms. The molecule has 1 unspecified atom stereocenters. The van der Waals surface area contributed by atoms with Gasteiger partial charge in [0.1, 0.15) is 11.4 Å². The Balaban J connectivity index is 2.05. The molecule has 0 saturated heterocycles. The number of hydrogen-bond acceptors (Lipinski definition) is 3. The van der Waals surface area contributed by atoms with E-state index in [0.29, 0.717) is 0 Å². The Bertz CT molecular complexity index is 454. The van der Waals surface area contributed by atoms with E-state index < -0.39 is 0 Å². The van der Waals surface area contributed by atoms with Crippen molar-refractivity contribution < 1.29 is 9.84 Å². The third kappa shape index (κ3) is 3.33. The highest BCUT2D eigenvalue weighted by Gasteiger charge is 2.41. The van der Waals surface area contributed by atoms with E-state index in [1.807, 2.05) is 12.1 Å². The number of hydrogen-bond donors (Lipinski definition) is 2. The van der Waals surface area contributed by atoms with E-state index in [1.54, 1.807) is 0 Å². The van der Waals surface area contributed by atoms with Gasteiger partial charge in [0.15, 0.2) is 0 Å². The van der Waals surface area contributed by atoms with Gasteiger partial charge in [-0.1, -0.05) is 32.0 Å². The molecule has 20 heavy (non-hydrogen) atoms. The van der Waals surface area contributed by atoms with Crippen molar-refractivity contribution in [1.29, 1.82) is 0 Å². The summed E-state index contributed by atoms with van der Waals surface area (Å²) in [7, 11) is 0. The normalized spacial score (nSPS) is 20.6. The van der Waals surface area contributed by atoms with Gasteiger partial charge in [-0.3, -0.25) is 0 Å². The van der Waals surface area contributed by atoms with Gasteiger partial charge >= 0.3 is 0 Å². The quantitative estimate of drug-likeness (QED) is 0.838. The van der Waals surface area contributed by atoms with Gasteiger partial charge < -0.3 is 15.2 Å². The molecule has 0 radical (unpaired) electrons. The largest absolute Gasteiger partial charge is 0.486 e. The third-order valence-electron chi connectivity index (χ3n) is 4.09. The average molecular weight is 277 g/mol. The maximum atomic E-state index is 8.98. The molecule has 2 rings (SSSR count). The number of aliphatic hydroxyl groups is 1. The SMILES string of the molecule is CC(C)(CCCO)CNC1c2ccccc2OC1(C)C. The lowest BCUT2D eigenvalue weighted by atomic mass is 9.86. The molecule has 0 amide bonds. The summed E-state index contributed by atoms with van der Waals surface area (Å²) in [5, 5.41) is 12.7. The molecule has 1 aliphatic heterocycles. The Morgan fingerprint density at radius 2 is 2.00 bits per heavy atom. The molecule has 112 valence electrons. The summed E-state index contributed by atoms with van der Waals surface area (Å²) in [6, 6.07) is 8.47. The highest BCUT2D eigenvalue weighted by atomic mass is 16.5. The predicted octanol–water partition coefficient (Wildman–Crippen LogP) is 3.29. The topological polar surface area (TPSA) is 41.5 Å². The van der Waals surface area contributed by atoms with E-state index in [4.69, 9.17) is 9.84 Å². The number of ether oxygens (including phenoxy) is 1. The molecule has 1 heterocycles. The third-order valence-corrected chi connectivity index (χ3v) is 4.09. The molecule has 0 aromatic heterocycles. The van der Waals surface area contributed by atoms with E-state index in [9.17, 15) is 0 Å². The highest BCUT2D eigenvalue weighted by Crippen LogP contribution is 2.43. The van der Waals surface area contributed by atoms with Crippen molar-refractivity contribution in [2.75, 3.05) is 13.2 Å². The molecule has 1 aromatic rings. The number of para-hydroxylation sites is 1. The summed E-state index contributed by atoms with van der Waals surface area (Å²) in [5.41, 5.74) is 1.20. The molecular formula is C17H27NO2. The van der Waals surface area contributed by atoms with Gasteiger partial charge in [-0.15, -0.1) is 0 Å². The zero-order chi connectivity index (χ0) is 14.8. The van der Waals surface area contributed by atoms with Crippen LogP contribution >= 0.6 is 0 Å². The van der Waals surface area contributed by atoms with Crippen molar-refractivity contribution in [3.63, 3.8) is 0 Å².